The van der Waals surface area contributed by atoms with Crippen LogP contribution < -0.4 is 5.32 Å². The molecule has 1 N–H and O–H groups in total. The molecule has 168 valence electrons. The van der Waals surface area contributed by atoms with Gasteiger partial charge in [0.2, 0.25) is 0 Å². The minimum atomic E-state index is -0.326. The molecule has 6 nitrogen and oxygen atoms in total. The van der Waals surface area contributed by atoms with Gasteiger partial charge in [0.15, 0.2) is 5.82 Å². The van der Waals surface area contributed by atoms with Crippen molar-refractivity contribution < 1.29 is 9.13 Å². The highest BCUT2D eigenvalue weighted by atomic mass is 19.1. The van der Waals surface area contributed by atoms with Crippen LogP contribution in [-0.4, -0.2) is 54.0 Å². The first-order valence-electron chi connectivity index (χ1n) is 11.7. The van der Waals surface area contributed by atoms with E-state index in [1.54, 1.807) is 12.1 Å². The number of benzene rings is 1. The number of rotatable bonds is 5. The fraction of sp³-hybridized carbons (Fsp3) is 0.560. The van der Waals surface area contributed by atoms with Gasteiger partial charge in [0.05, 0.1) is 5.69 Å². The van der Waals surface area contributed by atoms with Gasteiger partial charge < -0.3 is 15.0 Å². The van der Waals surface area contributed by atoms with Gasteiger partial charge in [-0.1, -0.05) is 12.1 Å². The van der Waals surface area contributed by atoms with Crippen molar-refractivity contribution in [2.75, 3.05) is 38.2 Å². The molecule has 1 aromatic heterocycles. The third kappa shape index (κ3) is 4.35. The Kier molecular flexibility index (Phi) is 6.07. The van der Waals surface area contributed by atoms with E-state index in [4.69, 9.17) is 4.74 Å². The standard InChI is InChI=1S/C25H30FN5O/c1-16-23(12-27)25(30-29-24(16)18-3-2-4-21(26)9-18)28-22-10-19-14-31(15-20(19)11-22)13-17-5-7-32-8-6-17/h2-4,9,17,19-20,22H,5-8,10-11,13-15H2,1H3,(H,28,30)/t19-,20+,22+. The zero-order chi connectivity index (χ0) is 22.1. The van der Waals surface area contributed by atoms with Crippen LogP contribution in [0.2, 0.25) is 0 Å². The van der Waals surface area contributed by atoms with Crippen LogP contribution in [-0.2, 0) is 4.74 Å². The molecular weight excluding hydrogens is 405 g/mol. The zero-order valence-electron chi connectivity index (χ0n) is 18.6. The van der Waals surface area contributed by atoms with Crippen LogP contribution in [0.4, 0.5) is 10.2 Å². The van der Waals surface area contributed by atoms with Crippen molar-refractivity contribution in [3.63, 3.8) is 0 Å². The summed E-state index contributed by atoms with van der Waals surface area (Å²) in [5.41, 5.74) is 2.42. The van der Waals surface area contributed by atoms with Crippen molar-refractivity contribution in [1.82, 2.24) is 15.1 Å². The van der Waals surface area contributed by atoms with E-state index < -0.39 is 0 Å². The molecule has 1 aliphatic carbocycles. The van der Waals surface area contributed by atoms with E-state index in [1.807, 2.05) is 6.92 Å². The highest BCUT2D eigenvalue weighted by Gasteiger charge is 2.41. The molecule has 7 heteroatoms. The molecule has 0 bridgehead atoms. The van der Waals surface area contributed by atoms with E-state index in [-0.39, 0.29) is 5.82 Å². The number of likely N-dealkylation sites (tertiary alicyclic amines) is 1. The summed E-state index contributed by atoms with van der Waals surface area (Å²) in [6.07, 6.45) is 4.59. The maximum Gasteiger partial charge on any atom is 0.167 e. The number of hydrogen-bond acceptors (Lipinski definition) is 6. The van der Waals surface area contributed by atoms with Crippen LogP contribution in [0.3, 0.4) is 0 Å². The summed E-state index contributed by atoms with van der Waals surface area (Å²) in [7, 11) is 0. The number of nitrogens with one attached hydrogen (secondary N) is 1. The molecule has 0 amide bonds. The monoisotopic (exact) mass is 435 g/mol. The Labute approximate surface area is 188 Å². The van der Waals surface area contributed by atoms with Crippen LogP contribution in [0.1, 0.15) is 36.8 Å². The van der Waals surface area contributed by atoms with Crippen LogP contribution in [0.15, 0.2) is 24.3 Å². The normalized spacial score (nSPS) is 26.1. The number of aromatic nitrogens is 2. The molecular formula is C25H30FN5O. The second-order valence-corrected chi connectivity index (χ2v) is 9.63. The lowest BCUT2D eigenvalue weighted by atomic mass is 10.00. The van der Waals surface area contributed by atoms with Gasteiger partial charge in [-0.05, 0) is 68.1 Å². The predicted molar refractivity (Wildman–Crippen MR) is 120 cm³/mol. The van der Waals surface area contributed by atoms with Gasteiger partial charge in [-0.2, -0.15) is 5.26 Å². The quantitative estimate of drug-likeness (QED) is 0.765. The number of hydrogen-bond donors (Lipinski definition) is 1. The summed E-state index contributed by atoms with van der Waals surface area (Å²) in [5, 5.41) is 22.0. The van der Waals surface area contributed by atoms with Gasteiger partial charge in [0, 0.05) is 44.5 Å². The van der Waals surface area contributed by atoms with Crippen molar-refractivity contribution >= 4 is 5.82 Å². The summed E-state index contributed by atoms with van der Waals surface area (Å²) in [5.74, 6) is 2.42. The highest BCUT2D eigenvalue weighted by molar-refractivity contribution is 5.69. The predicted octanol–water partition coefficient (Wildman–Crippen LogP) is 4.01. The molecule has 1 aromatic carbocycles. The zero-order valence-corrected chi connectivity index (χ0v) is 18.6. The van der Waals surface area contributed by atoms with Crippen molar-refractivity contribution in [2.24, 2.45) is 17.8 Å². The van der Waals surface area contributed by atoms with E-state index in [0.717, 1.165) is 37.5 Å². The first-order valence-corrected chi connectivity index (χ1v) is 11.7. The van der Waals surface area contributed by atoms with Gasteiger partial charge in [-0.15, -0.1) is 10.2 Å². The number of halogens is 1. The molecule has 5 rings (SSSR count). The number of fused-ring (bicyclic) bond motifs is 1. The second kappa shape index (κ2) is 9.13. The van der Waals surface area contributed by atoms with E-state index in [9.17, 15) is 9.65 Å². The molecule has 2 saturated heterocycles. The third-order valence-corrected chi connectivity index (χ3v) is 7.45. The van der Waals surface area contributed by atoms with Crippen LogP contribution in [0.5, 0.6) is 0 Å². The lowest BCUT2D eigenvalue weighted by Gasteiger charge is -2.27. The molecule has 3 atom stereocenters. The lowest BCUT2D eigenvalue weighted by Crippen LogP contribution is -2.32. The molecule has 2 aliphatic heterocycles. The Morgan fingerprint density at radius 1 is 1.19 bits per heavy atom. The van der Waals surface area contributed by atoms with Gasteiger partial charge in [-0.25, -0.2) is 4.39 Å². The fourth-order valence-electron chi connectivity index (χ4n) is 5.82. The van der Waals surface area contributed by atoms with Crippen LogP contribution in [0, 0.1) is 41.8 Å². The number of nitriles is 1. The largest absolute Gasteiger partial charge is 0.381 e. The average Bonchev–Trinajstić information content (AvgIpc) is 3.32. The Balaban J connectivity index is 1.23. The van der Waals surface area contributed by atoms with Gasteiger partial charge in [-0.3, -0.25) is 0 Å². The summed E-state index contributed by atoms with van der Waals surface area (Å²) >= 11 is 0. The second-order valence-electron chi connectivity index (χ2n) is 9.63. The van der Waals surface area contributed by atoms with Crippen molar-refractivity contribution in [1.29, 1.82) is 5.26 Å². The molecule has 3 heterocycles. The van der Waals surface area contributed by atoms with Gasteiger partial charge in [0.1, 0.15) is 17.4 Å². The van der Waals surface area contributed by atoms with E-state index >= 15 is 0 Å². The number of anilines is 1. The Morgan fingerprint density at radius 3 is 2.62 bits per heavy atom. The Bertz CT molecular complexity index is 1000. The maximum absolute atomic E-state index is 13.7. The minimum absolute atomic E-state index is 0.316. The smallest absolute Gasteiger partial charge is 0.167 e. The fourth-order valence-corrected chi connectivity index (χ4v) is 5.82. The molecule has 3 aliphatic rings. The third-order valence-electron chi connectivity index (χ3n) is 7.45. The molecule has 3 fully saturated rings. The van der Waals surface area contributed by atoms with Gasteiger partial charge in [0.25, 0.3) is 0 Å². The summed E-state index contributed by atoms with van der Waals surface area (Å²) in [6, 6.07) is 8.86. The molecule has 2 aromatic rings. The van der Waals surface area contributed by atoms with Crippen molar-refractivity contribution in [3.05, 3.63) is 41.2 Å². The SMILES string of the molecule is Cc1c(-c2cccc(F)c2)nnc(N[C@H]2C[C@@H]3CN(CC4CCOCC4)C[C@@H]3C2)c1C#N. The maximum atomic E-state index is 13.7. The topological polar surface area (TPSA) is 74.1 Å². The van der Waals surface area contributed by atoms with E-state index in [1.165, 1.54) is 44.6 Å². The summed E-state index contributed by atoms with van der Waals surface area (Å²) < 4.78 is 19.2. The summed E-state index contributed by atoms with van der Waals surface area (Å²) in [4.78, 5) is 2.65. The number of nitrogens with zero attached hydrogens (tertiary/aromatic N) is 4. The molecule has 1 saturated carbocycles. The first-order chi connectivity index (χ1) is 15.6. The van der Waals surface area contributed by atoms with E-state index in [2.05, 4.69) is 26.5 Å². The highest BCUT2D eigenvalue weighted by Crippen LogP contribution is 2.40. The molecule has 0 radical (unpaired) electrons. The van der Waals surface area contributed by atoms with Crippen molar-refractivity contribution in [3.8, 4) is 17.3 Å². The molecule has 32 heavy (non-hydrogen) atoms. The average molecular weight is 436 g/mol. The van der Waals surface area contributed by atoms with E-state index in [0.29, 0.717) is 40.5 Å². The molecule has 0 spiro atoms. The minimum Gasteiger partial charge on any atom is -0.381 e. The van der Waals surface area contributed by atoms with Crippen LogP contribution >= 0.6 is 0 Å². The Hall–Kier alpha value is -2.56. The number of ether oxygens (including phenoxy) is 1. The summed E-state index contributed by atoms with van der Waals surface area (Å²) in [6.45, 7) is 7.24. The lowest BCUT2D eigenvalue weighted by molar-refractivity contribution is 0.0545. The van der Waals surface area contributed by atoms with Crippen LogP contribution in [0.25, 0.3) is 11.3 Å². The van der Waals surface area contributed by atoms with Gasteiger partial charge >= 0.3 is 0 Å². The first kappa shape index (κ1) is 21.3. The molecule has 0 unspecified atom stereocenters. The Morgan fingerprint density at radius 2 is 1.94 bits per heavy atom. The van der Waals surface area contributed by atoms with Crippen molar-refractivity contribution in [2.45, 2.75) is 38.6 Å².